The number of carbonyl (C=O) groups is 2. The molecule has 3 aromatic carbocycles. The van der Waals surface area contributed by atoms with E-state index in [1.54, 1.807) is 0 Å². The molecule has 4 nitrogen and oxygen atoms in total. The molecular formula is C25H24N2O2. The highest BCUT2D eigenvalue weighted by atomic mass is 16.2. The molecule has 4 rings (SSSR count). The molecule has 0 atom stereocenters. The third-order valence-electron chi connectivity index (χ3n) is 5.27. The number of anilines is 1. The first-order valence-electron chi connectivity index (χ1n) is 10.00. The SMILES string of the molecule is O=C(NCc1ccc(N2CCCC2=O)cc1)c1ccccc1Cc1ccccc1. The van der Waals surface area contributed by atoms with Crippen LogP contribution in [0.5, 0.6) is 0 Å². The van der Waals surface area contributed by atoms with Crippen molar-refractivity contribution in [2.24, 2.45) is 0 Å². The van der Waals surface area contributed by atoms with Gasteiger partial charge >= 0.3 is 0 Å². The van der Waals surface area contributed by atoms with Crippen LogP contribution in [0.2, 0.25) is 0 Å². The molecule has 146 valence electrons. The topological polar surface area (TPSA) is 49.4 Å². The molecule has 1 aliphatic rings. The summed E-state index contributed by atoms with van der Waals surface area (Å²) in [5, 5.41) is 3.02. The predicted molar refractivity (Wildman–Crippen MR) is 115 cm³/mol. The number of hydrogen-bond donors (Lipinski definition) is 1. The number of carbonyl (C=O) groups excluding carboxylic acids is 2. The minimum atomic E-state index is -0.0738. The Morgan fingerprint density at radius 3 is 2.31 bits per heavy atom. The smallest absolute Gasteiger partial charge is 0.251 e. The van der Waals surface area contributed by atoms with Gasteiger partial charge in [-0.1, -0.05) is 60.7 Å². The average Bonchev–Trinajstić information content (AvgIpc) is 3.19. The Bertz CT molecular complexity index is 997. The molecule has 1 N–H and O–H groups in total. The van der Waals surface area contributed by atoms with Gasteiger partial charge in [-0.15, -0.1) is 0 Å². The summed E-state index contributed by atoms with van der Waals surface area (Å²) in [6, 6.07) is 25.7. The van der Waals surface area contributed by atoms with Crippen LogP contribution in [0, 0.1) is 0 Å². The fraction of sp³-hybridized carbons (Fsp3) is 0.200. The van der Waals surface area contributed by atoms with Crippen molar-refractivity contribution >= 4 is 17.5 Å². The molecule has 0 spiro atoms. The molecule has 0 bridgehead atoms. The maximum Gasteiger partial charge on any atom is 0.251 e. The summed E-state index contributed by atoms with van der Waals surface area (Å²) in [6.45, 7) is 1.24. The Morgan fingerprint density at radius 2 is 1.59 bits per heavy atom. The highest BCUT2D eigenvalue weighted by Gasteiger charge is 2.21. The Kier molecular flexibility index (Phi) is 5.71. The third kappa shape index (κ3) is 4.54. The Balaban J connectivity index is 1.40. The highest BCUT2D eigenvalue weighted by Crippen LogP contribution is 2.21. The van der Waals surface area contributed by atoms with Gasteiger partial charge in [-0.05, 0) is 47.7 Å². The van der Waals surface area contributed by atoms with E-state index in [2.05, 4.69) is 17.4 Å². The Labute approximate surface area is 171 Å². The van der Waals surface area contributed by atoms with E-state index >= 15 is 0 Å². The zero-order valence-electron chi connectivity index (χ0n) is 16.3. The zero-order chi connectivity index (χ0) is 20.1. The lowest BCUT2D eigenvalue weighted by atomic mass is 9.99. The fourth-order valence-corrected chi connectivity index (χ4v) is 3.70. The van der Waals surface area contributed by atoms with Gasteiger partial charge in [-0.2, -0.15) is 0 Å². The molecule has 4 heteroatoms. The molecule has 1 aliphatic heterocycles. The minimum Gasteiger partial charge on any atom is -0.348 e. The maximum absolute atomic E-state index is 12.8. The lowest BCUT2D eigenvalue weighted by molar-refractivity contribution is -0.117. The first-order valence-corrected chi connectivity index (χ1v) is 10.00. The molecule has 0 aliphatic carbocycles. The third-order valence-corrected chi connectivity index (χ3v) is 5.27. The molecule has 0 saturated carbocycles. The highest BCUT2D eigenvalue weighted by molar-refractivity contribution is 5.96. The molecular weight excluding hydrogens is 360 g/mol. The van der Waals surface area contributed by atoms with Crippen LogP contribution in [0.15, 0.2) is 78.9 Å². The molecule has 1 heterocycles. The second kappa shape index (κ2) is 8.74. The molecule has 3 aromatic rings. The lowest BCUT2D eigenvalue weighted by Gasteiger charge is -2.16. The quantitative estimate of drug-likeness (QED) is 0.688. The standard InChI is InChI=1S/C25H24N2O2/c28-24-11-6-16-27(24)22-14-12-20(13-15-22)18-26-25(29)23-10-5-4-9-21(23)17-19-7-2-1-3-8-19/h1-5,7-10,12-15H,6,11,16-18H2,(H,26,29). The van der Waals surface area contributed by atoms with Gasteiger partial charge in [-0.3, -0.25) is 9.59 Å². The van der Waals surface area contributed by atoms with E-state index < -0.39 is 0 Å². The van der Waals surface area contributed by atoms with Gasteiger partial charge in [-0.25, -0.2) is 0 Å². The normalized spacial score (nSPS) is 13.5. The summed E-state index contributed by atoms with van der Waals surface area (Å²) in [5.41, 5.74) is 4.83. The van der Waals surface area contributed by atoms with Crippen molar-refractivity contribution in [2.45, 2.75) is 25.8 Å². The molecule has 0 radical (unpaired) electrons. The van der Waals surface area contributed by atoms with Crippen molar-refractivity contribution in [1.82, 2.24) is 5.32 Å². The second-order valence-electron chi connectivity index (χ2n) is 7.32. The molecule has 1 saturated heterocycles. The monoisotopic (exact) mass is 384 g/mol. The van der Waals surface area contributed by atoms with Gasteiger partial charge in [0.15, 0.2) is 0 Å². The Hall–Kier alpha value is -3.40. The second-order valence-corrected chi connectivity index (χ2v) is 7.32. The summed E-state index contributed by atoms with van der Waals surface area (Å²) < 4.78 is 0. The van der Waals surface area contributed by atoms with Crippen LogP contribution in [-0.2, 0) is 17.8 Å². The van der Waals surface area contributed by atoms with Gasteiger partial charge in [0.2, 0.25) is 5.91 Å². The number of nitrogens with one attached hydrogen (secondary N) is 1. The van der Waals surface area contributed by atoms with Crippen LogP contribution in [0.25, 0.3) is 0 Å². The summed E-state index contributed by atoms with van der Waals surface area (Å²) in [7, 11) is 0. The molecule has 0 unspecified atom stereocenters. The van der Waals surface area contributed by atoms with Gasteiger partial charge in [0.05, 0.1) is 0 Å². The zero-order valence-corrected chi connectivity index (χ0v) is 16.3. The van der Waals surface area contributed by atoms with Crippen molar-refractivity contribution in [1.29, 1.82) is 0 Å². The first kappa shape index (κ1) is 18.9. The molecule has 29 heavy (non-hydrogen) atoms. The van der Waals surface area contributed by atoms with Crippen molar-refractivity contribution in [3.8, 4) is 0 Å². The van der Waals surface area contributed by atoms with E-state index in [1.807, 2.05) is 71.6 Å². The van der Waals surface area contributed by atoms with Crippen molar-refractivity contribution in [2.75, 3.05) is 11.4 Å². The van der Waals surface area contributed by atoms with Gasteiger partial charge in [0.25, 0.3) is 5.91 Å². The minimum absolute atomic E-state index is 0.0738. The van der Waals surface area contributed by atoms with E-state index in [0.717, 1.165) is 36.2 Å². The van der Waals surface area contributed by atoms with Crippen LogP contribution < -0.4 is 10.2 Å². The number of amides is 2. The van der Waals surface area contributed by atoms with Crippen LogP contribution in [0.1, 0.15) is 39.9 Å². The predicted octanol–water partition coefficient (Wildman–Crippen LogP) is 4.33. The molecule has 1 fully saturated rings. The van der Waals surface area contributed by atoms with Crippen molar-refractivity contribution < 1.29 is 9.59 Å². The van der Waals surface area contributed by atoms with Crippen LogP contribution in [0.4, 0.5) is 5.69 Å². The van der Waals surface area contributed by atoms with E-state index in [-0.39, 0.29) is 11.8 Å². The molecule has 2 amide bonds. The van der Waals surface area contributed by atoms with Gasteiger partial charge in [0, 0.05) is 30.8 Å². The fourth-order valence-electron chi connectivity index (χ4n) is 3.70. The summed E-state index contributed by atoms with van der Waals surface area (Å²) >= 11 is 0. The summed E-state index contributed by atoms with van der Waals surface area (Å²) in [6.07, 6.45) is 2.27. The number of rotatable bonds is 6. The first-order chi connectivity index (χ1) is 14.2. The summed E-state index contributed by atoms with van der Waals surface area (Å²) in [5.74, 6) is 0.108. The number of hydrogen-bond acceptors (Lipinski definition) is 2. The summed E-state index contributed by atoms with van der Waals surface area (Å²) in [4.78, 5) is 26.5. The number of benzene rings is 3. The lowest BCUT2D eigenvalue weighted by Crippen LogP contribution is -2.25. The van der Waals surface area contributed by atoms with E-state index in [1.165, 1.54) is 5.56 Å². The van der Waals surface area contributed by atoms with Gasteiger partial charge < -0.3 is 10.2 Å². The van der Waals surface area contributed by atoms with Gasteiger partial charge in [0.1, 0.15) is 0 Å². The van der Waals surface area contributed by atoms with E-state index in [9.17, 15) is 9.59 Å². The Morgan fingerprint density at radius 1 is 0.862 bits per heavy atom. The number of nitrogens with zero attached hydrogens (tertiary/aromatic N) is 1. The van der Waals surface area contributed by atoms with Crippen LogP contribution in [0.3, 0.4) is 0 Å². The average molecular weight is 384 g/mol. The largest absolute Gasteiger partial charge is 0.348 e. The van der Waals surface area contributed by atoms with Crippen molar-refractivity contribution in [3.63, 3.8) is 0 Å². The molecule has 0 aromatic heterocycles. The van der Waals surface area contributed by atoms with Crippen LogP contribution in [-0.4, -0.2) is 18.4 Å². The van der Waals surface area contributed by atoms with Crippen molar-refractivity contribution in [3.05, 3.63) is 101 Å². The van der Waals surface area contributed by atoms with Crippen LogP contribution >= 0.6 is 0 Å². The van der Waals surface area contributed by atoms with E-state index in [4.69, 9.17) is 0 Å². The van der Waals surface area contributed by atoms with E-state index in [0.29, 0.717) is 18.5 Å². The maximum atomic E-state index is 12.8.